The minimum atomic E-state index is -0.824. The van der Waals surface area contributed by atoms with E-state index in [1.807, 2.05) is 6.07 Å². The summed E-state index contributed by atoms with van der Waals surface area (Å²) < 4.78 is 56.3. The van der Waals surface area contributed by atoms with Crippen LogP contribution in [0.2, 0.25) is 0 Å². The van der Waals surface area contributed by atoms with E-state index in [1.165, 1.54) is 19.3 Å². The Kier molecular flexibility index (Phi) is 10.4. The SMILES string of the molecule is CCCCCCCCc1ccc(-c2ccc(-c3ccc(C4COC(CCC)OC4)cc3F)cc2)c(F)c1F. The minimum absolute atomic E-state index is 0.00377. The lowest BCUT2D eigenvalue weighted by atomic mass is 9.94. The summed E-state index contributed by atoms with van der Waals surface area (Å²) in [7, 11) is 0. The van der Waals surface area contributed by atoms with Crippen molar-refractivity contribution in [1.82, 2.24) is 0 Å². The van der Waals surface area contributed by atoms with Crippen LogP contribution in [0.5, 0.6) is 0 Å². The topological polar surface area (TPSA) is 18.5 Å². The van der Waals surface area contributed by atoms with Crippen LogP contribution in [0.4, 0.5) is 13.2 Å². The zero-order valence-corrected chi connectivity index (χ0v) is 22.6. The molecule has 0 N–H and O–H groups in total. The van der Waals surface area contributed by atoms with Crippen molar-refractivity contribution >= 4 is 0 Å². The summed E-state index contributed by atoms with van der Waals surface area (Å²) in [5.74, 6) is -1.92. The first-order valence-corrected chi connectivity index (χ1v) is 14.1. The van der Waals surface area contributed by atoms with Crippen molar-refractivity contribution in [3.63, 3.8) is 0 Å². The van der Waals surface area contributed by atoms with Crippen LogP contribution in [0.3, 0.4) is 0 Å². The highest BCUT2D eigenvalue weighted by Gasteiger charge is 2.24. The van der Waals surface area contributed by atoms with Crippen molar-refractivity contribution in [3.05, 3.63) is 83.2 Å². The Morgan fingerprint density at radius 3 is 1.97 bits per heavy atom. The van der Waals surface area contributed by atoms with Gasteiger partial charge in [-0.25, -0.2) is 13.2 Å². The number of benzene rings is 3. The molecule has 0 aromatic heterocycles. The van der Waals surface area contributed by atoms with Crippen molar-refractivity contribution in [2.45, 2.75) is 83.8 Å². The molecule has 0 spiro atoms. The van der Waals surface area contributed by atoms with Crippen LogP contribution < -0.4 is 0 Å². The predicted octanol–water partition coefficient (Wildman–Crippen LogP) is 9.60. The monoisotopic (exact) mass is 524 g/mol. The fourth-order valence-electron chi connectivity index (χ4n) is 5.09. The summed E-state index contributed by atoms with van der Waals surface area (Å²) in [6.07, 6.45) is 8.85. The van der Waals surface area contributed by atoms with E-state index in [-0.39, 0.29) is 23.6 Å². The second-order valence-electron chi connectivity index (χ2n) is 10.3. The van der Waals surface area contributed by atoms with Crippen LogP contribution in [0.15, 0.2) is 54.6 Å². The highest BCUT2D eigenvalue weighted by Crippen LogP contribution is 2.32. The molecule has 4 rings (SSSR count). The van der Waals surface area contributed by atoms with Crippen LogP contribution in [0.1, 0.15) is 82.3 Å². The van der Waals surface area contributed by atoms with Crippen LogP contribution in [0.25, 0.3) is 22.3 Å². The maximum absolute atomic E-state index is 15.1. The quantitative estimate of drug-likeness (QED) is 0.220. The molecule has 0 bridgehead atoms. The summed E-state index contributed by atoms with van der Waals surface area (Å²) in [4.78, 5) is 0. The van der Waals surface area contributed by atoms with E-state index in [1.54, 1.807) is 48.5 Å². The van der Waals surface area contributed by atoms with Crippen LogP contribution in [-0.2, 0) is 15.9 Å². The van der Waals surface area contributed by atoms with Gasteiger partial charge in [0.25, 0.3) is 0 Å². The highest BCUT2D eigenvalue weighted by atomic mass is 19.2. The lowest BCUT2D eigenvalue weighted by molar-refractivity contribution is -0.189. The van der Waals surface area contributed by atoms with Crippen molar-refractivity contribution in [1.29, 1.82) is 0 Å². The Balaban J connectivity index is 1.41. The molecular weight excluding hydrogens is 485 g/mol. The molecular formula is C33H39F3O2. The van der Waals surface area contributed by atoms with Gasteiger partial charge in [0, 0.05) is 17.0 Å². The molecule has 2 nitrogen and oxygen atoms in total. The third kappa shape index (κ3) is 7.06. The second kappa shape index (κ2) is 14.0. The largest absolute Gasteiger partial charge is 0.352 e. The molecule has 1 heterocycles. The molecule has 204 valence electrons. The average molecular weight is 525 g/mol. The van der Waals surface area contributed by atoms with Gasteiger partial charge in [-0.15, -0.1) is 0 Å². The van der Waals surface area contributed by atoms with E-state index in [2.05, 4.69) is 13.8 Å². The molecule has 0 saturated carbocycles. The van der Waals surface area contributed by atoms with E-state index in [0.29, 0.717) is 41.9 Å². The fourth-order valence-corrected chi connectivity index (χ4v) is 5.09. The van der Waals surface area contributed by atoms with Gasteiger partial charge in [0.1, 0.15) is 5.82 Å². The smallest absolute Gasteiger partial charge is 0.166 e. The Bertz CT molecular complexity index is 1170. The summed E-state index contributed by atoms with van der Waals surface area (Å²) in [6, 6.07) is 15.5. The summed E-state index contributed by atoms with van der Waals surface area (Å²) in [6.45, 7) is 5.28. The van der Waals surface area contributed by atoms with Crippen molar-refractivity contribution < 1.29 is 22.6 Å². The maximum Gasteiger partial charge on any atom is 0.166 e. The highest BCUT2D eigenvalue weighted by molar-refractivity contribution is 5.71. The van der Waals surface area contributed by atoms with Crippen molar-refractivity contribution in [2.75, 3.05) is 13.2 Å². The van der Waals surface area contributed by atoms with Crippen LogP contribution >= 0.6 is 0 Å². The number of unbranched alkanes of at least 4 members (excludes halogenated alkanes) is 5. The Morgan fingerprint density at radius 2 is 1.32 bits per heavy atom. The first-order valence-electron chi connectivity index (χ1n) is 14.1. The van der Waals surface area contributed by atoms with Gasteiger partial charge in [0.15, 0.2) is 17.9 Å². The molecule has 0 unspecified atom stereocenters. The Hall–Kier alpha value is -2.63. The molecule has 0 radical (unpaired) electrons. The van der Waals surface area contributed by atoms with Gasteiger partial charge in [0.2, 0.25) is 0 Å². The van der Waals surface area contributed by atoms with Gasteiger partial charge < -0.3 is 9.47 Å². The van der Waals surface area contributed by atoms with Gasteiger partial charge in [-0.3, -0.25) is 0 Å². The minimum Gasteiger partial charge on any atom is -0.352 e. The average Bonchev–Trinajstić information content (AvgIpc) is 2.94. The Morgan fingerprint density at radius 1 is 0.684 bits per heavy atom. The lowest BCUT2D eigenvalue weighted by Gasteiger charge is -2.29. The van der Waals surface area contributed by atoms with Crippen molar-refractivity contribution in [3.8, 4) is 22.3 Å². The van der Waals surface area contributed by atoms with E-state index in [4.69, 9.17) is 9.47 Å². The number of hydrogen-bond donors (Lipinski definition) is 0. The second-order valence-corrected chi connectivity index (χ2v) is 10.3. The van der Waals surface area contributed by atoms with Gasteiger partial charge in [-0.05, 0) is 47.6 Å². The standard InChI is InChI=1S/C33H39F3O2/c1-3-5-6-7-8-9-11-25-16-19-29(33(36)32(25)35)24-14-12-23(13-15-24)28-18-17-26(20-30(28)34)27-21-37-31(10-4-2)38-22-27/h12-20,27,31H,3-11,21-22H2,1-2H3. The third-order valence-electron chi connectivity index (χ3n) is 7.42. The Labute approximate surface area is 225 Å². The number of hydrogen-bond acceptors (Lipinski definition) is 2. The molecule has 5 heteroatoms. The summed E-state index contributed by atoms with van der Waals surface area (Å²) >= 11 is 0. The van der Waals surface area contributed by atoms with E-state index in [9.17, 15) is 8.78 Å². The summed E-state index contributed by atoms with van der Waals surface area (Å²) in [5.41, 5.74) is 3.19. The van der Waals surface area contributed by atoms with Crippen molar-refractivity contribution in [2.24, 2.45) is 0 Å². The molecule has 1 aliphatic rings. The molecule has 0 amide bonds. The van der Waals surface area contributed by atoms with Gasteiger partial charge in [-0.1, -0.05) is 101 Å². The van der Waals surface area contributed by atoms with Gasteiger partial charge in [0.05, 0.1) is 13.2 Å². The lowest BCUT2D eigenvalue weighted by Crippen LogP contribution is -2.30. The van der Waals surface area contributed by atoms with Crippen LogP contribution in [0, 0.1) is 17.5 Å². The normalized spacial score (nSPS) is 17.6. The molecule has 1 fully saturated rings. The molecule has 1 saturated heterocycles. The van der Waals surface area contributed by atoms with E-state index < -0.39 is 11.6 Å². The van der Waals surface area contributed by atoms with Crippen LogP contribution in [-0.4, -0.2) is 19.5 Å². The summed E-state index contributed by atoms with van der Waals surface area (Å²) in [5, 5.41) is 0. The van der Waals surface area contributed by atoms with Gasteiger partial charge in [-0.2, -0.15) is 0 Å². The molecule has 0 atom stereocenters. The molecule has 1 aliphatic heterocycles. The fraction of sp³-hybridized carbons (Fsp3) is 0.455. The maximum atomic E-state index is 15.1. The number of rotatable bonds is 12. The zero-order valence-electron chi connectivity index (χ0n) is 22.6. The zero-order chi connectivity index (χ0) is 26.9. The van der Waals surface area contributed by atoms with E-state index in [0.717, 1.165) is 37.7 Å². The molecule has 38 heavy (non-hydrogen) atoms. The van der Waals surface area contributed by atoms with Gasteiger partial charge >= 0.3 is 0 Å². The predicted molar refractivity (Wildman–Crippen MR) is 148 cm³/mol. The number of aryl methyl sites for hydroxylation is 1. The van der Waals surface area contributed by atoms with E-state index >= 15 is 4.39 Å². The first-order chi connectivity index (χ1) is 18.5. The first kappa shape index (κ1) is 28.4. The number of ether oxygens (including phenoxy) is 2. The molecule has 3 aromatic rings. The number of halogens is 3. The molecule has 3 aromatic carbocycles. The molecule has 0 aliphatic carbocycles. The third-order valence-corrected chi connectivity index (χ3v) is 7.42.